The van der Waals surface area contributed by atoms with Gasteiger partial charge < -0.3 is 37.6 Å². The van der Waals surface area contributed by atoms with Crippen LogP contribution >= 0.6 is 12.6 Å². The van der Waals surface area contributed by atoms with Crippen molar-refractivity contribution in [3.63, 3.8) is 0 Å². The molecule has 0 aromatic heterocycles. The first kappa shape index (κ1) is 30.9. The van der Waals surface area contributed by atoms with Crippen LogP contribution in [0.5, 0.6) is 0 Å². The molecule has 0 aliphatic carbocycles. The van der Waals surface area contributed by atoms with Crippen molar-refractivity contribution >= 4 is 42.3 Å². The van der Waals surface area contributed by atoms with E-state index >= 15 is 0 Å². The van der Waals surface area contributed by atoms with E-state index < -0.39 is 60.2 Å². The average molecular weight is 526 g/mol. The number of unbranched alkanes of at least 4 members (excludes halogenated alkanes) is 1. The van der Waals surface area contributed by atoms with E-state index in [1.54, 1.807) is 30.3 Å². The zero-order chi connectivity index (χ0) is 27.1. The molecule has 3 amide bonds. The molecule has 1 rings (SSSR count). The number of nitrogens with one attached hydrogen (secondary N) is 3. The smallest absolute Gasteiger partial charge is 0.326 e. The topological polar surface area (TPSA) is 214 Å². The summed E-state index contributed by atoms with van der Waals surface area (Å²) in [4.78, 5) is 60.8. The third-order valence-electron chi connectivity index (χ3n) is 5.30. The van der Waals surface area contributed by atoms with Crippen LogP contribution in [-0.2, 0) is 30.4 Å². The van der Waals surface area contributed by atoms with E-state index in [1.165, 1.54) is 0 Å². The van der Waals surface area contributed by atoms with Gasteiger partial charge in [-0.2, -0.15) is 12.6 Å². The van der Waals surface area contributed by atoms with Gasteiger partial charge in [-0.1, -0.05) is 36.8 Å². The predicted octanol–water partition coefficient (Wildman–Crippen LogP) is -0.981. The zero-order valence-electron chi connectivity index (χ0n) is 19.9. The standard InChI is InChI=1S/C23H35N5O7S/c24-11-5-4-8-15(25)20(31)28-18(13-36)22(33)26-16(9-10-19(29)30)21(32)27-17(23(34)35)12-14-6-2-1-3-7-14/h1-3,6-7,15-18,36H,4-5,8-13,24-25H2,(H,26,33)(H,27,32)(H,28,31)(H,29,30)(H,34,35). The summed E-state index contributed by atoms with van der Waals surface area (Å²) in [5.74, 6) is -4.85. The van der Waals surface area contributed by atoms with E-state index in [9.17, 15) is 29.1 Å². The van der Waals surface area contributed by atoms with Gasteiger partial charge in [0.05, 0.1) is 6.04 Å². The van der Waals surface area contributed by atoms with Crippen molar-refractivity contribution in [2.24, 2.45) is 11.5 Å². The summed E-state index contributed by atoms with van der Waals surface area (Å²) in [6, 6.07) is 3.93. The van der Waals surface area contributed by atoms with Crippen LogP contribution in [-0.4, -0.2) is 76.3 Å². The van der Waals surface area contributed by atoms with E-state index in [0.29, 0.717) is 31.4 Å². The maximum atomic E-state index is 12.9. The molecule has 4 atom stereocenters. The first-order chi connectivity index (χ1) is 17.1. The number of benzene rings is 1. The van der Waals surface area contributed by atoms with Crippen LogP contribution in [0.1, 0.15) is 37.7 Å². The van der Waals surface area contributed by atoms with E-state index in [2.05, 4.69) is 28.6 Å². The summed E-state index contributed by atoms with van der Waals surface area (Å²) < 4.78 is 0. The molecule has 0 aliphatic rings. The lowest BCUT2D eigenvalue weighted by molar-refractivity contribution is -0.143. The summed E-state index contributed by atoms with van der Waals surface area (Å²) in [7, 11) is 0. The van der Waals surface area contributed by atoms with Gasteiger partial charge in [-0.05, 0) is 31.4 Å². The Kier molecular flexibility index (Phi) is 14.1. The molecule has 0 fully saturated rings. The van der Waals surface area contributed by atoms with Gasteiger partial charge in [-0.15, -0.1) is 0 Å². The van der Waals surface area contributed by atoms with Crippen LogP contribution < -0.4 is 27.4 Å². The number of thiol groups is 1. The number of carbonyl (C=O) groups is 5. The van der Waals surface area contributed by atoms with Crippen molar-refractivity contribution in [1.82, 2.24) is 16.0 Å². The fourth-order valence-electron chi connectivity index (χ4n) is 3.24. The average Bonchev–Trinajstić information content (AvgIpc) is 2.84. The Balaban J connectivity index is 2.88. The molecule has 0 saturated carbocycles. The minimum absolute atomic E-state index is 0.0150. The third-order valence-corrected chi connectivity index (χ3v) is 5.66. The van der Waals surface area contributed by atoms with Crippen molar-refractivity contribution < 1.29 is 34.2 Å². The molecule has 200 valence electrons. The molecule has 13 heteroatoms. The van der Waals surface area contributed by atoms with Gasteiger partial charge in [-0.25, -0.2) is 4.79 Å². The Morgan fingerprint density at radius 2 is 1.42 bits per heavy atom. The Bertz CT molecular complexity index is 887. The number of aliphatic carboxylic acids is 2. The molecule has 0 radical (unpaired) electrons. The molecule has 9 N–H and O–H groups in total. The molecule has 0 saturated heterocycles. The molecule has 1 aromatic rings. The molecule has 0 bridgehead atoms. The lowest BCUT2D eigenvalue weighted by atomic mass is 10.0. The SMILES string of the molecule is NCCCCC(N)C(=O)NC(CS)C(=O)NC(CCC(=O)O)C(=O)NC(Cc1ccccc1)C(=O)O. The second kappa shape index (κ2) is 16.5. The van der Waals surface area contributed by atoms with Crippen LogP contribution in [0.15, 0.2) is 30.3 Å². The van der Waals surface area contributed by atoms with Crippen LogP contribution in [0.25, 0.3) is 0 Å². The van der Waals surface area contributed by atoms with Gasteiger partial charge in [0.25, 0.3) is 0 Å². The molecule has 4 unspecified atom stereocenters. The largest absolute Gasteiger partial charge is 0.481 e. The fourth-order valence-corrected chi connectivity index (χ4v) is 3.50. The molecule has 36 heavy (non-hydrogen) atoms. The minimum atomic E-state index is -1.36. The van der Waals surface area contributed by atoms with Gasteiger partial charge in [0.2, 0.25) is 17.7 Å². The third kappa shape index (κ3) is 11.5. The summed E-state index contributed by atoms with van der Waals surface area (Å²) in [5.41, 5.74) is 11.9. The summed E-state index contributed by atoms with van der Waals surface area (Å²) in [5, 5.41) is 25.8. The Morgan fingerprint density at radius 3 is 1.97 bits per heavy atom. The maximum Gasteiger partial charge on any atom is 0.326 e. The van der Waals surface area contributed by atoms with Crippen LogP contribution in [0, 0.1) is 0 Å². The van der Waals surface area contributed by atoms with Gasteiger partial charge >= 0.3 is 11.9 Å². The number of hydrogen-bond donors (Lipinski definition) is 8. The molecule has 0 aliphatic heterocycles. The molecular formula is C23H35N5O7S. The summed E-state index contributed by atoms with van der Waals surface area (Å²) in [6.07, 6.45) is 0.924. The number of carboxylic acid groups (broad SMARTS) is 2. The number of amides is 3. The number of hydrogen-bond acceptors (Lipinski definition) is 8. The first-order valence-corrected chi connectivity index (χ1v) is 12.2. The summed E-state index contributed by atoms with van der Waals surface area (Å²) >= 11 is 4.08. The molecule has 12 nitrogen and oxygen atoms in total. The van der Waals surface area contributed by atoms with Gasteiger partial charge in [-0.3, -0.25) is 19.2 Å². The fraction of sp³-hybridized carbons (Fsp3) is 0.522. The van der Waals surface area contributed by atoms with Crippen molar-refractivity contribution in [2.45, 2.75) is 62.7 Å². The maximum absolute atomic E-state index is 12.9. The van der Waals surface area contributed by atoms with Crippen molar-refractivity contribution in [1.29, 1.82) is 0 Å². The van der Waals surface area contributed by atoms with E-state index in [-0.39, 0.29) is 18.6 Å². The Hall–Kier alpha value is -3.16. The highest BCUT2D eigenvalue weighted by Crippen LogP contribution is 2.06. The predicted molar refractivity (Wildman–Crippen MR) is 135 cm³/mol. The van der Waals surface area contributed by atoms with Gasteiger partial charge in [0.1, 0.15) is 18.1 Å². The van der Waals surface area contributed by atoms with Crippen molar-refractivity contribution in [3.8, 4) is 0 Å². The lowest BCUT2D eigenvalue weighted by Gasteiger charge is -2.24. The molecular weight excluding hydrogens is 490 g/mol. The number of carboxylic acids is 2. The highest BCUT2D eigenvalue weighted by Gasteiger charge is 2.30. The second-order valence-corrected chi connectivity index (χ2v) is 8.58. The molecule has 0 heterocycles. The van der Waals surface area contributed by atoms with Gasteiger partial charge in [0.15, 0.2) is 0 Å². The summed E-state index contributed by atoms with van der Waals surface area (Å²) in [6.45, 7) is 0.462. The van der Waals surface area contributed by atoms with E-state index in [1.807, 2.05) is 0 Å². The van der Waals surface area contributed by atoms with Crippen LogP contribution in [0.2, 0.25) is 0 Å². The molecule has 1 aromatic carbocycles. The number of carbonyl (C=O) groups excluding carboxylic acids is 3. The first-order valence-electron chi connectivity index (χ1n) is 11.5. The highest BCUT2D eigenvalue weighted by atomic mass is 32.1. The number of nitrogens with two attached hydrogens (primary N) is 2. The Labute approximate surface area is 215 Å². The van der Waals surface area contributed by atoms with E-state index in [4.69, 9.17) is 16.6 Å². The highest BCUT2D eigenvalue weighted by molar-refractivity contribution is 7.80. The Morgan fingerprint density at radius 1 is 0.833 bits per heavy atom. The quantitative estimate of drug-likeness (QED) is 0.0925. The van der Waals surface area contributed by atoms with Crippen molar-refractivity contribution in [3.05, 3.63) is 35.9 Å². The lowest BCUT2D eigenvalue weighted by Crippen LogP contribution is -2.57. The monoisotopic (exact) mass is 525 g/mol. The normalized spacial score (nSPS) is 14.1. The van der Waals surface area contributed by atoms with Crippen molar-refractivity contribution in [2.75, 3.05) is 12.3 Å². The van der Waals surface area contributed by atoms with Crippen LogP contribution in [0.4, 0.5) is 0 Å². The molecule has 0 spiro atoms. The number of rotatable bonds is 17. The minimum Gasteiger partial charge on any atom is -0.481 e. The zero-order valence-corrected chi connectivity index (χ0v) is 20.8. The van der Waals surface area contributed by atoms with E-state index in [0.717, 1.165) is 0 Å². The van der Waals surface area contributed by atoms with Crippen LogP contribution in [0.3, 0.4) is 0 Å². The van der Waals surface area contributed by atoms with Gasteiger partial charge in [0, 0.05) is 18.6 Å². The second-order valence-electron chi connectivity index (χ2n) is 8.22.